The van der Waals surface area contributed by atoms with Crippen LogP contribution in [0, 0.1) is 5.92 Å². The SMILES string of the molecule is CCC=CCC=CCC=CCC=CCC=CCCCC(=O)OCCOC(=O)[C@H](C(C)C)N(Cc1ccc(-c2ccccc2-c2nn[nH]n2)cc1)C(=O)CCCC. The minimum Gasteiger partial charge on any atom is -0.462 e. The molecule has 0 unspecified atom stereocenters. The standard InChI is InChI=1S/C46H61N5O5/c1-5-7-9-10-11-12-13-14-15-16-17-18-19-20-21-22-23-29-43(53)55-34-35-56-46(54)44(37(3)4)51(42(52)28-8-6-2)36-38-30-32-39(33-31-38)40-26-24-25-27-41(40)45-47-49-50-48-45/h7,9,11-12,14-15,17-18,20-21,24-27,30-33,37,44H,5-6,8,10,13,16,19,22-23,28-29,34-36H2,1-4H3,(H,47,48,49,50)/t44-/m0/s1. The monoisotopic (exact) mass is 763 g/mol. The average molecular weight is 764 g/mol. The van der Waals surface area contributed by atoms with Crippen LogP contribution >= 0.6 is 0 Å². The molecule has 0 aliphatic carbocycles. The van der Waals surface area contributed by atoms with Crippen molar-refractivity contribution in [2.45, 2.75) is 111 Å². The summed E-state index contributed by atoms with van der Waals surface area (Å²) in [5, 5.41) is 14.5. The largest absolute Gasteiger partial charge is 0.462 e. The number of esters is 2. The molecular weight excluding hydrogens is 703 g/mol. The zero-order valence-electron chi connectivity index (χ0n) is 33.8. The van der Waals surface area contributed by atoms with E-state index in [1.54, 1.807) is 4.90 Å². The van der Waals surface area contributed by atoms with Crippen LogP contribution in [0.3, 0.4) is 0 Å². The molecule has 0 fully saturated rings. The van der Waals surface area contributed by atoms with E-state index in [2.05, 4.69) is 88.3 Å². The Kier molecular flexibility index (Phi) is 21.9. The van der Waals surface area contributed by atoms with Crippen LogP contribution in [0.2, 0.25) is 0 Å². The van der Waals surface area contributed by atoms with Crippen molar-refractivity contribution in [2.24, 2.45) is 5.92 Å². The summed E-state index contributed by atoms with van der Waals surface area (Å²) >= 11 is 0. The maximum atomic E-state index is 13.5. The highest BCUT2D eigenvalue weighted by Gasteiger charge is 2.33. The van der Waals surface area contributed by atoms with Crippen molar-refractivity contribution >= 4 is 17.8 Å². The number of nitrogens with zero attached hydrogens (tertiary/aromatic N) is 4. The van der Waals surface area contributed by atoms with Crippen molar-refractivity contribution in [3.8, 4) is 22.5 Å². The van der Waals surface area contributed by atoms with Crippen LogP contribution in [-0.4, -0.2) is 62.6 Å². The van der Waals surface area contributed by atoms with Crippen LogP contribution in [0.1, 0.15) is 104 Å². The number of carbonyl (C=O) groups is 3. The molecule has 1 heterocycles. The fourth-order valence-electron chi connectivity index (χ4n) is 5.95. The van der Waals surface area contributed by atoms with E-state index in [-0.39, 0.29) is 44.0 Å². The number of ether oxygens (including phenoxy) is 2. The number of unbranched alkanes of at least 4 members (excludes halogenated alkanes) is 2. The van der Waals surface area contributed by atoms with Gasteiger partial charge in [0, 0.05) is 24.9 Å². The molecule has 1 aromatic heterocycles. The molecule has 1 atom stereocenters. The molecule has 10 nitrogen and oxygen atoms in total. The van der Waals surface area contributed by atoms with Gasteiger partial charge >= 0.3 is 11.9 Å². The molecule has 0 bridgehead atoms. The lowest BCUT2D eigenvalue weighted by Gasteiger charge is -2.33. The third-order valence-electron chi connectivity index (χ3n) is 8.90. The summed E-state index contributed by atoms with van der Waals surface area (Å²) in [7, 11) is 0. The molecule has 56 heavy (non-hydrogen) atoms. The zero-order chi connectivity index (χ0) is 40.2. The number of nitrogens with one attached hydrogen (secondary N) is 1. The van der Waals surface area contributed by atoms with E-state index in [4.69, 9.17) is 9.47 Å². The molecule has 10 heteroatoms. The molecule has 0 saturated heterocycles. The number of allylic oxidation sites excluding steroid dienone is 10. The summed E-state index contributed by atoms with van der Waals surface area (Å²) < 4.78 is 10.9. The van der Waals surface area contributed by atoms with Crippen molar-refractivity contribution in [1.29, 1.82) is 0 Å². The lowest BCUT2D eigenvalue weighted by molar-refractivity contribution is -0.161. The lowest BCUT2D eigenvalue weighted by Crippen LogP contribution is -2.48. The Morgan fingerprint density at radius 2 is 1.34 bits per heavy atom. The summed E-state index contributed by atoms with van der Waals surface area (Å²) in [4.78, 5) is 41.0. The molecule has 0 saturated carbocycles. The maximum absolute atomic E-state index is 13.5. The number of hydrogen-bond acceptors (Lipinski definition) is 8. The van der Waals surface area contributed by atoms with Crippen LogP contribution in [-0.2, 0) is 30.4 Å². The van der Waals surface area contributed by atoms with Crippen molar-refractivity contribution in [1.82, 2.24) is 25.5 Å². The second kappa shape index (κ2) is 27.2. The number of aromatic amines is 1. The molecule has 0 radical (unpaired) electrons. The molecule has 0 aliphatic rings. The topological polar surface area (TPSA) is 127 Å². The molecule has 1 N–H and O–H groups in total. The van der Waals surface area contributed by atoms with E-state index in [0.29, 0.717) is 18.7 Å². The van der Waals surface area contributed by atoms with Gasteiger partial charge in [0.1, 0.15) is 19.3 Å². The zero-order valence-corrected chi connectivity index (χ0v) is 33.8. The first-order valence-electron chi connectivity index (χ1n) is 20.1. The number of rotatable bonds is 26. The Morgan fingerprint density at radius 3 is 1.93 bits per heavy atom. The highest BCUT2D eigenvalue weighted by Crippen LogP contribution is 2.30. The van der Waals surface area contributed by atoms with E-state index in [9.17, 15) is 14.4 Å². The van der Waals surface area contributed by atoms with Gasteiger partial charge in [0.05, 0.1) is 0 Å². The first kappa shape index (κ1) is 45.0. The normalized spacial score (nSPS) is 12.5. The maximum Gasteiger partial charge on any atom is 0.329 e. The van der Waals surface area contributed by atoms with E-state index < -0.39 is 12.0 Å². The Balaban J connectivity index is 1.42. The Bertz CT molecular complexity index is 1720. The van der Waals surface area contributed by atoms with Gasteiger partial charge in [-0.3, -0.25) is 9.59 Å². The van der Waals surface area contributed by atoms with Gasteiger partial charge in [-0.2, -0.15) is 5.21 Å². The molecule has 3 rings (SSSR count). The van der Waals surface area contributed by atoms with Crippen LogP contribution in [0.25, 0.3) is 22.5 Å². The van der Waals surface area contributed by atoms with Gasteiger partial charge in [-0.05, 0) is 79.2 Å². The van der Waals surface area contributed by atoms with E-state index >= 15 is 0 Å². The van der Waals surface area contributed by atoms with E-state index in [1.165, 1.54) is 0 Å². The quantitative estimate of drug-likeness (QED) is 0.0486. The number of tetrazole rings is 1. The lowest BCUT2D eigenvalue weighted by atomic mass is 9.97. The van der Waals surface area contributed by atoms with Gasteiger partial charge in [-0.15, -0.1) is 10.2 Å². The van der Waals surface area contributed by atoms with Gasteiger partial charge in [0.25, 0.3) is 0 Å². The predicted molar refractivity (Wildman–Crippen MR) is 224 cm³/mol. The van der Waals surface area contributed by atoms with Crippen LogP contribution < -0.4 is 0 Å². The van der Waals surface area contributed by atoms with Gasteiger partial charge in [-0.1, -0.05) is 143 Å². The molecule has 0 spiro atoms. The van der Waals surface area contributed by atoms with Gasteiger partial charge < -0.3 is 14.4 Å². The Labute approximate surface area is 333 Å². The second-order valence-corrected chi connectivity index (χ2v) is 13.8. The van der Waals surface area contributed by atoms with Crippen molar-refractivity contribution in [3.63, 3.8) is 0 Å². The number of H-pyrrole nitrogens is 1. The Hall–Kier alpha value is -5.38. The highest BCUT2D eigenvalue weighted by molar-refractivity contribution is 5.85. The molecule has 1 amide bonds. The third-order valence-corrected chi connectivity index (χ3v) is 8.90. The molecule has 3 aromatic rings. The Morgan fingerprint density at radius 1 is 0.732 bits per heavy atom. The van der Waals surface area contributed by atoms with Crippen LogP contribution in [0.5, 0.6) is 0 Å². The number of benzene rings is 2. The average Bonchev–Trinajstić information content (AvgIpc) is 3.75. The summed E-state index contributed by atoms with van der Waals surface area (Å²) in [5.74, 6) is -0.637. The third kappa shape index (κ3) is 17.0. The van der Waals surface area contributed by atoms with Crippen molar-refractivity contribution in [3.05, 3.63) is 115 Å². The van der Waals surface area contributed by atoms with Crippen molar-refractivity contribution in [2.75, 3.05) is 13.2 Å². The molecule has 2 aromatic carbocycles. The van der Waals surface area contributed by atoms with Gasteiger partial charge in [0.15, 0.2) is 0 Å². The molecule has 0 aliphatic heterocycles. The smallest absolute Gasteiger partial charge is 0.329 e. The number of amides is 1. The van der Waals surface area contributed by atoms with Crippen LogP contribution in [0.4, 0.5) is 0 Å². The van der Waals surface area contributed by atoms with E-state index in [1.807, 2.05) is 69.3 Å². The number of carbonyl (C=O) groups excluding carboxylic acids is 3. The fraction of sp³-hybridized carbons (Fsp3) is 0.435. The van der Waals surface area contributed by atoms with E-state index in [0.717, 1.165) is 73.6 Å². The summed E-state index contributed by atoms with van der Waals surface area (Å²) in [5.41, 5.74) is 3.64. The number of aromatic nitrogens is 4. The second-order valence-electron chi connectivity index (χ2n) is 13.8. The summed E-state index contributed by atoms with van der Waals surface area (Å²) in [6.45, 7) is 8.12. The first-order valence-corrected chi connectivity index (χ1v) is 20.1. The predicted octanol–water partition coefficient (Wildman–Crippen LogP) is 10.1. The fourth-order valence-corrected chi connectivity index (χ4v) is 5.95. The van der Waals surface area contributed by atoms with Gasteiger partial charge in [0.2, 0.25) is 11.7 Å². The summed E-state index contributed by atoms with van der Waals surface area (Å²) in [6.07, 6.45) is 30.1. The van der Waals surface area contributed by atoms with Crippen LogP contribution in [0.15, 0.2) is 109 Å². The number of hydrogen-bond donors (Lipinski definition) is 1. The minimum absolute atomic E-state index is 0.0341. The first-order chi connectivity index (χ1) is 27.3. The molecule has 300 valence electrons. The van der Waals surface area contributed by atoms with Gasteiger partial charge in [-0.25, -0.2) is 4.79 Å². The summed E-state index contributed by atoms with van der Waals surface area (Å²) in [6, 6.07) is 14.9. The minimum atomic E-state index is -0.794. The van der Waals surface area contributed by atoms with Crippen molar-refractivity contribution < 1.29 is 23.9 Å². The highest BCUT2D eigenvalue weighted by atomic mass is 16.6. The molecular formula is C46H61N5O5.